The number of carbonyl (C=O) groups is 1. The van der Waals surface area contributed by atoms with Crippen molar-refractivity contribution in [3.05, 3.63) is 34.8 Å². The second-order valence-corrected chi connectivity index (χ2v) is 7.56. The van der Waals surface area contributed by atoms with Crippen molar-refractivity contribution >= 4 is 45.6 Å². The van der Waals surface area contributed by atoms with E-state index in [0.29, 0.717) is 6.04 Å². The molecular formula is C18H22ClN3O2S. The summed E-state index contributed by atoms with van der Waals surface area (Å²) < 4.78 is 1.98. The van der Waals surface area contributed by atoms with Crippen LogP contribution in [0.3, 0.4) is 0 Å². The molecule has 0 saturated heterocycles. The average molecular weight is 380 g/mol. The number of rotatable bonds is 3. The van der Waals surface area contributed by atoms with E-state index in [9.17, 15) is 9.90 Å². The van der Waals surface area contributed by atoms with Crippen LogP contribution in [-0.2, 0) is 6.61 Å². The fraction of sp³-hybridized carbons (Fsp3) is 0.444. The lowest BCUT2D eigenvalue weighted by Gasteiger charge is -2.30. The van der Waals surface area contributed by atoms with Gasteiger partial charge in [0.05, 0.1) is 17.6 Å². The number of imidazole rings is 1. The highest BCUT2D eigenvalue weighted by Crippen LogP contribution is 2.28. The van der Waals surface area contributed by atoms with Gasteiger partial charge < -0.3 is 10.0 Å². The predicted molar refractivity (Wildman–Crippen MR) is 103 cm³/mol. The van der Waals surface area contributed by atoms with Crippen molar-refractivity contribution in [1.82, 2.24) is 14.3 Å². The van der Waals surface area contributed by atoms with E-state index in [1.807, 2.05) is 40.7 Å². The molecule has 134 valence electrons. The number of hydrogen-bond acceptors (Lipinski definition) is 4. The van der Waals surface area contributed by atoms with E-state index in [1.54, 1.807) is 0 Å². The van der Waals surface area contributed by atoms with Gasteiger partial charge in [0, 0.05) is 19.3 Å². The van der Waals surface area contributed by atoms with Crippen LogP contribution in [0, 0.1) is 0 Å². The Morgan fingerprint density at radius 3 is 2.84 bits per heavy atom. The molecule has 1 fully saturated rings. The fourth-order valence-electron chi connectivity index (χ4n) is 3.57. The van der Waals surface area contributed by atoms with E-state index in [-0.39, 0.29) is 24.9 Å². The van der Waals surface area contributed by atoms with Crippen molar-refractivity contribution in [2.45, 2.75) is 44.8 Å². The molecule has 1 saturated carbocycles. The zero-order chi connectivity index (χ0) is 16.7. The molecule has 1 N–H and O–H groups in total. The Morgan fingerprint density at radius 2 is 2.12 bits per heavy atom. The molecule has 0 spiro atoms. The number of hydrogen-bond donors (Lipinski definition) is 1. The number of benzene rings is 1. The van der Waals surface area contributed by atoms with Crippen molar-refractivity contribution in [3.63, 3.8) is 0 Å². The predicted octanol–water partition coefficient (Wildman–Crippen LogP) is 3.87. The number of aliphatic hydroxyl groups is 1. The third-order valence-electron chi connectivity index (χ3n) is 5.01. The molecule has 7 heteroatoms. The number of aromatic nitrogens is 2. The Hall–Kier alpha value is -1.63. The topological polar surface area (TPSA) is 57.8 Å². The van der Waals surface area contributed by atoms with E-state index in [4.69, 9.17) is 0 Å². The van der Waals surface area contributed by atoms with Gasteiger partial charge in [-0.2, -0.15) is 0 Å². The first kappa shape index (κ1) is 18.2. The summed E-state index contributed by atoms with van der Waals surface area (Å²) in [5.41, 5.74) is 2.67. The maximum absolute atomic E-state index is 12.8. The largest absolute Gasteiger partial charge is 0.392 e. The Morgan fingerprint density at radius 1 is 1.36 bits per heavy atom. The first-order valence-electron chi connectivity index (χ1n) is 8.46. The zero-order valence-corrected chi connectivity index (χ0v) is 15.8. The number of thiazole rings is 1. The van der Waals surface area contributed by atoms with Crippen LogP contribution in [0.2, 0.25) is 0 Å². The Bertz CT molecular complexity index is 898. The summed E-state index contributed by atoms with van der Waals surface area (Å²) in [5, 5.41) is 9.24. The number of aliphatic hydroxyl groups excluding tert-OH is 1. The lowest BCUT2D eigenvalue weighted by Crippen LogP contribution is -2.37. The third-order valence-corrected chi connectivity index (χ3v) is 5.98. The molecule has 0 atom stereocenters. The minimum absolute atomic E-state index is 0. The maximum Gasteiger partial charge on any atom is 0.265 e. The molecule has 1 aliphatic rings. The summed E-state index contributed by atoms with van der Waals surface area (Å²) in [6.45, 7) is 0.0109. The van der Waals surface area contributed by atoms with Crippen molar-refractivity contribution in [2.24, 2.45) is 0 Å². The molecule has 1 aliphatic carbocycles. The minimum Gasteiger partial charge on any atom is -0.392 e. The van der Waals surface area contributed by atoms with Crippen LogP contribution in [-0.4, -0.2) is 38.4 Å². The third kappa shape index (κ3) is 3.26. The molecule has 0 aliphatic heterocycles. The fourth-order valence-corrected chi connectivity index (χ4v) is 4.55. The number of nitrogens with zero attached hydrogens (tertiary/aromatic N) is 3. The second-order valence-electron chi connectivity index (χ2n) is 6.55. The summed E-state index contributed by atoms with van der Waals surface area (Å²) in [6, 6.07) is 6.10. The van der Waals surface area contributed by atoms with Gasteiger partial charge in [-0.1, -0.05) is 36.7 Å². The van der Waals surface area contributed by atoms with E-state index in [1.165, 1.54) is 30.6 Å². The van der Waals surface area contributed by atoms with Crippen LogP contribution >= 0.6 is 23.7 Å². The van der Waals surface area contributed by atoms with E-state index >= 15 is 0 Å². The number of halogens is 1. The summed E-state index contributed by atoms with van der Waals surface area (Å²) in [4.78, 5) is 20.9. The molecule has 4 rings (SSSR count). The van der Waals surface area contributed by atoms with Crippen LogP contribution in [0.1, 0.15) is 47.3 Å². The van der Waals surface area contributed by atoms with Gasteiger partial charge in [-0.15, -0.1) is 12.4 Å². The zero-order valence-electron chi connectivity index (χ0n) is 14.1. The first-order chi connectivity index (χ1) is 11.7. The molecule has 3 aromatic rings. The van der Waals surface area contributed by atoms with Gasteiger partial charge in [-0.05, 0) is 30.5 Å². The van der Waals surface area contributed by atoms with Crippen LogP contribution < -0.4 is 0 Å². The lowest BCUT2D eigenvalue weighted by molar-refractivity contribution is 0.0701. The molecule has 1 amide bonds. The maximum atomic E-state index is 12.8. The highest BCUT2D eigenvalue weighted by atomic mass is 35.5. The van der Waals surface area contributed by atoms with Crippen LogP contribution in [0.4, 0.5) is 0 Å². The van der Waals surface area contributed by atoms with E-state index < -0.39 is 0 Å². The first-order valence-corrected chi connectivity index (χ1v) is 9.27. The van der Waals surface area contributed by atoms with E-state index in [0.717, 1.165) is 39.3 Å². The Labute approximate surface area is 156 Å². The summed E-state index contributed by atoms with van der Waals surface area (Å²) in [6.07, 6.45) is 7.83. The quantitative estimate of drug-likeness (QED) is 0.751. The summed E-state index contributed by atoms with van der Waals surface area (Å²) >= 11 is 1.44. The van der Waals surface area contributed by atoms with Gasteiger partial charge in [0.1, 0.15) is 4.88 Å². The molecule has 2 heterocycles. The van der Waals surface area contributed by atoms with Gasteiger partial charge >= 0.3 is 0 Å². The van der Waals surface area contributed by atoms with Gasteiger partial charge in [0.25, 0.3) is 5.91 Å². The Balaban J connectivity index is 0.00000182. The molecule has 0 bridgehead atoms. The van der Waals surface area contributed by atoms with Crippen molar-refractivity contribution in [3.8, 4) is 0 Å². The standard InChI is InChI=1S/C18H21N3O2S.ClH/c1-20(13-5-3-2-4-6-13)17(23)16-10-21-15-8-7-12(11-22)9-14(15)19-18(21)24-16;/h7-10,13,22H,2-6,11H2,1H3;1H. The minimum atomic E-state index is 0. The summed E-state index contributed by atoms with van der Waals surface area (Å²) in [7, 11) is 1.92. The monoisotopic (exact) mass is 379 g/mol. The number of fused-ring (bicyclic) bond motifs is 3. The SMILES string of the molecule is CN(C(=O)c1cn2c(nc3cc(CO)ccc32)s1)C1CCCCC1.Cl. The molecule has 1 aromatic carbocycles. The molecule has 25 heavy (non-hydrogen) atoms. The second kappa shape index (κ2) is 7.32. The normalized spacial score (nSPS) is 15.4. The molecular weight excluding hydrogens is 358 g/mol. The average Bonchev–Trinajstić information content (AvgIpc) is 3.18. The van der Waals surface area contributed by atoms with Crippen molar-refractivity contribution < 1.29 is 9.90 Å². The molecule has 2 aromatic heterocycles. The van der Waals surface area contributed by atoms with Crippen molar-refractivity contribution in [2.75, 3.05) is 7.05 Å². The molecule has 0 radical (unpaired) electrons. The smallest absolute Gasteiger partial charge is 0.265 e. The number of amides is 1. The van der Waals surface area contributed by atoms with Crippen molar-refractivity contribution in [1.29, 1.82) is 0 Å². The van der Waals surface area contributed by atoms with Gasteiger partial charge in [0.15, 0.2) is 4.96 Å². The van der Waals surface area contributed by atoms with Crippen LogP contribution in [0.5, 0.6) is 0 Å². The van der Waals surface area contributed by atoms with Gasteiger partial charge in [-0.25, -0.2) is 4.98 Å². The number of carbonyl (C=O) groups excluding carboxylic acids is 1. The van der Waals surface area contributed by atoms with Gasteiger partial charge in [0.2, 0.25) is 0 Å². The summed E-state index contributed by atoms with van der Waals surface area (Å²) in [5.74, 6) is 0.0949. The van der Waals surface area contributed by atoms with Gasteiger partial charge in [-0.3, -0.25) is 9.20 Å². The van der Waals surface area contributed by atoms with E-state index in [2.05, 4.69) is 4.98 Å². The van der Waals surface area contributed by atoms with Crippen LogP contribution in [0.25, 0.3) is 16.0 Å². The lowest BCUT2D eigenvalue weighted by atomic mass is 9.94. The highest BCUT2D eigenvalue weighted by molar-refractivity contribution is 7.18. The van der Waals surface area contributed by atoms with Crippen LogP contribution in [0.15, 0.2) is 24.4 Å². The molecule has 0 unspecified atom stereocenters. The molecule has 5 nitrogen and oxygen atoms in total. The highest BCUT2D eigenvalue weighted by Gasteiger charge is 2.25. The Kier molecular flexibility index (Phi) is 5.32.